The second-order valence-electron chi connectivity index (χ2n) is 6.58. The van der Waals surface area contributed by atoms with Crippen molar-refractivity contribution in [3.05, 3.63) is 51.9 Å². The molecule has 0 spiro atoms. The number of thioether (sulfide) groups is 1. The summed E-state index contributed by atoms with van der Waals surface area (Å²) >= 11 is 3.10. The Kier molecular flexibility index (Phi) is 5.81. The maximum absolute atomic E-state index is 13.1. The highest BCUT2D eigenvalue weighted by Gasteiger charge is 2.21. The molecule has 3 rings (SSSR count). The number of thiophene rings is 1. The van der Waals surface area contributed by atoms with E-state index in [0.29, 0.717) is 5.82 Å². The van der Waals surface area contributed by atoms with Crippen molar-refractivity contribution in [3.63, 3.8) is 0 Å². The summed E-state index contributed by atoms with van der Waals surface area (Å²) in [5, 5.41) is 4.57. The second kappa shape index (κ2) is 7.94. The summed E-state index contributed by atoms with van der Waals surface area (Å²) in [7, 11) is 0. The number of aromatic nitrogens is 2. The van der Waals surface area contributed by atoms with Crippen molar-refractivity contribution in [1.29, 1.82) is 0 Å². The molecule has 142 valence electrons. The molecule has 27 heavy (non-hydrogen) atoms. The van der Waals surface area contributed by atoms with Gasteiger partial charge in [0.1, 0.15) is 21.5 Å². The van der Waals surface area contributed by atoms with Gasteiger partial charge in [-0.25, -0.2) is 14.4 Å². The van der Waals surface area contributed by atoms with E-state index in [1.54, 1.807) is 23.5 Å². The van der Waals surface area contributed by atoms with Crippen LogP contribution in [0.3, 0.4) is 0 Å². The summed E-state index contributed by atoms with van der Waals surface area (Å²) < 4.78 is 13.1. The van der Waals surface area contributed by atoms with Crippen LogP contribution in [0.5, 0.6) is 0 Å². The van der Waals surface area contributed by atoms with Gasteiger partial charge >= 0.3 is 0 Å². The molecule has 0 aliphatic rings. The van der Waals surface area contributed by atoms with Crippen LogP contribution in [0.25, 0.3) is 10.2 Å². The standard InChI is InChI=1S/C20H22FN3OS2/c1-10-12(3)26-19-17(10)20(24-14(5)23-19)27-13(4)18(25)22-11(2)15-6-8-16(21)9-7-15/h6-9,11,13H,1-5H3,(H,22,25)/t11-,13+/m0/s1. The molecule has 0 saturated heterocycles. The largest absolute Gasteiger partial charge is 0.349 e. The Morgan fingerprint density at radius 2 is 1.81 bits per heavy atom. The van der Waals surface area contributed by atoms with Crippen LogP contribution in [0.15, 0.2) is 29.3 Å². The van der Waals surface area contributed by atoms with Crippen LogP contribution in [-0.2, 0) is 4.79 Å². The number of rotatable bonds is 5. The van der Waals surface area contributed by atoms with E-state index >= 15 is 0 Å². The minimum absolute atomic E-state index is 0.0779. The number of nitrogens with zero attached hydrogens (tertiary/aromatic N) is 2. The number of fused-ring (bicyclic) bond motifs is 1. The molecule has 0 fully saturated rings. The maximum Gasteiger partial charge on any atom is 0.233 e. The topological polar surface area (TPSA) is 54.9 Å². The zero-order valence-electron chi connectivity index (χ0n) is 16.0. The lowest BCUT2D eigenvalue weighted by Crippen LogP contribution is -2.33. The molecule has 0 bridgehead atoms. The summed E-state index contributed by atoms with van der Waals surface area (Å²) in [6, 6.07) is 5.98. The molecule has 0 aliphatic heterocycles. The number of nitrogens with one attached hydrogen (secondary N) is 1. The van der Waals surface area contributed by atoms with E-state index in [9.17, 15) is 9.18 Å². The number of halogens is 1. The van der Waals surface area contributed by atoms with Gasteiger partial charge in [-0.2, -0.15) is 0 Å². The average molecular weight is 404 g/mol. The third-order valence-electron chi connectivity index (χ3n) is 4.49. The van der Waals surface area contributed by atoms with E-state index in [0.717, 1.165) is 20.8 Å². The lowest BCUT2D eigenvalue weighted by Gasteiger charge is -2.18. The third kappa shape index (κ3) is 4.30. The van der Waals surface area contributed by atoms with Crippen molar-refractivity contribution in [1.82, 2.24) is 15.3 Å². The molecule has 1 amide bonds. The molecule has 1 N–H and O–H groups in total. The van der Waals surface area contributed by atoms with Crippen LogP contribution in [0.4, 0.5) is 4.39 Å². The lowest BCUT2D eigenvalue weighted by molar-refractivity contribution is -0.120. The molecule has 7 heteroatoms. The summed E-state index contributed by atoms with van der Waals surface area (Å²) in [5.74, 6) is 0.343. The van der Waals surface area contributed by atoms with Gasteiger partial charge in [0, 0.05) is 10.3 Å². The second-order valence-corrected chi connectivity index (χ2v) is 9.11. The Hall–Kier alpha value is -1.99. The smallest absolute Gasteiger partial charge is 0.233 e. The maximum atomic E-state index is 13.1. The molecule has 0 aliphatic carbocycles. The highest BCUT2D eigenvalue weighted by Crippen LogP contribution is 2.36. The fraction of sp³-hybridized carbons (Fsp3) is 0.350. The molecule has 1 aromatic carbocycles. The monoisotopic (exact) mass is 403 g/mol. The number of carbonyl (C=O) groups is 1. The van der Waals surface area contributed by atoms with Crippen LogP contribution in [0.2, 0.25) is 0 Å². The van der Waals surface area contributed by atoms with Gasteiger partial charge in [0.2, 0.25) is 5.91 Å². The first-order valence-electron chi connectivity index (χ1n) is 8.73. The van der Waals surface area contributed by atoms with Gasteiger partial charge in [-0.15, -0.1) is 11.3 Å². The molecular weight excluding hydrogens is 381 g/mol. The van der Waals surface area contributed by atoms with Crippen molar-refractivity contribution < 1.29 is 9.18 Å². The van der Waals surface area contributed by atoms with Gasteiger partial charge in [0.15, 0.2) is 0 Å². The van der Waals surface area contributed by atoms with Crippen molar-refractivity contribution >= 4 is 39.2 Å². The van der Waals surface area contributed by atoms with Gasteiger partial charge < -0.3 is 5.32 Å². The van der Waals surface area contributed by atoms with E-state index < -0.39 is 0 Å². The Morgan fingerprint density at radius 3 is 2.48 bits per heavy atom. The van der Waals surface area contributed by atoms with Gasteiger partial charge in [-0.05, 0) is 57.9 Å². The normalized spacial score (nSPS) is 13.6. The number of hydrogen-bond acceptors (Lipinski definition) is 5. The molecule has 3 aromatic rings. The number of amides is 1. The highest BCUT2D eigenvalue weighted by atomic mass is 32.2. The van der Waals surface area contributed by atoms with Crippen molar-refractivity contribution in [2.75, 3.05) is 0 Å². The summed E-state index contributed by atoms with van der Waals surface area (Å²) in [6.07, 6.45) is 0. The van der Waals surface area contributed by atoms with Crippen LogP contribution in [-0.4, -0.2) is 21.1 Å². The van der Waals surface area contributed by atoms with E-state index in [4.69, 9.17) is 0 Å². The van der Waals surface area contributed by atoms with E-state index in [1.807, 2.05) is 20.8 Å². The van der Waals surface area contributed by atoms with Gasteiger partial charge in [-0.1, -0.05) is 23.9 Å². The predicted molar refractivity (Wildman–Crippen MR) is 110 cm³/mol. The Labute approximate surface area is 166 Å². The first-order chi connectivity index (χ1) is 12.8. The number of aryl methyl sites for hydroxylation is 3. The number of carbonyl (C=O) groups excluding carboxylic acids is 1. The summed E-state index contributed by atoms with van der Waals surface area (Å²) in [5.41, 5.74) is 2.04. The van der Waals surface area contributed by atoms with Gasteiger partial charge in [-0.3, -0.25) is 4.79 Å². The zero-order valence-corrected chi connectivity index (χ0v) is 17.6. The number of benzene rings is 1. The van der Waals surface area contributed by atoms with Crippen molar-refractivity contribution in [2.24, 2.45) is 0 Å². The minimum atomic E-state index is -0.315. The summed E-state index contributed by atoms with van der Waals surface area (Å²) in [4.78, 5) is 24.0. The van der Waals surface area contributed by atoms with Crippen molar-refractivity contribution in [2.45, 2.75) is 50.9 Å². The van der Waals surface area contributed by atoms with E-state index in [2.05, 4.69) is 29.1 Å². The Balaban J connectivity index is 1.77. The third-order valence-corrected chi connectivity index (χ3v) is 6.68. The fourth-order valence-electron chi connectivity index (χ4n) is 2.79. The molecule has 4 nitrogen and oxygen atoms in total. The lowest BCUT2D eigenvalue weighted by atomic mass is 10.1. The highest BCUT2D eigenvalue weighted by molar-refractivity contribution is 8.00. The zero-order chi connectivity index (χ0) is 19.7. The molecule has 0 radical (unpaired) electrons. The van der Waals surface area contributed by atoms with Crippen LogP contribution >= 0.6 is 23.1 Å². The quantitative estimate of drug-likeness (QED) is 0.475. The van der Waals surface area contributed by atoms with Gasteiger partial charge in [0.05, 0.1) is 11.3 Å². The molecular formula is C20H22FN3OS2. The van der Waals surface area contributed by atoms with Crippen molar-refractivity contribution in [3.8, 4) is 0 Å². The Morgan fingerprint density at radius 1 is 1.15 bits per heavy atom. The molecule has 2 aromatic heterocycles. The Bertz CT molecular complexity index is 985. The van der Waals surface area contributed by atoms with Gasteiger partial charge in [0.25, 0.3) is 0 Å². The first kappa shape index (κ1) is 19.8. The first-order valence-corrected chi connectivity index (χ1v) is 10.4. The van der Waals surface area contributed by atoms with Crippen LogP contribution in [0.1, 0.15) is 41.7 Å². The van der Waals surface area contributed by atoms with E-state index in [1.165, 1.54) is 34.3 Å². The molecule has 0 saturated carbocycles. The number of hydrogen-bond donors (Lipinski definition) is 1. The summed E-state index contributed by atoms with van der Waals surface area (Å²) in [6.45, 7) is 9.77. The molecule has 2 heterocycles. The SMILES string of the molecule is Cc1nc(S[C@H](C)C(=O)N[C@@H](C)c2ccc(F)cc2)c2c(C)c(C)sc2n1. The fourth-order valence-corrected chi connectivity index (χ4v) is 4.99. The van der Waals surface area contributed by atoms with Crippen LogP contribution in [0, 0.1) is 26.6 Å². The molecule has 2 atom stereocenters. The van der Waals surface area contributed by atoms with Crippen LogP contribution < -0.4 is 5.32 Å². The molecule has 0 unspecified atom stereocenters. The van der Waals surface area contributed by atoms with E-state index in [-0.39, 0.29) is 23.0 Å². The predicted octanol–water partition coefficient (Wildman–Crippen LogP) is 5.11. The minimum Gasteiger partial charge on any atom is -0.349 e. The average Bonchev–Trinajstić information content (AvgIpc) is 2.89.